The van der Waals surface area contributed by atoms with Crippen molar-refractivity contribution in [2.75, 3.05) is 20.2 Å². The van der Waals surface area contributed by atoms with Gasteiger partial charge >= 0.3 is 0 Å². The van der Waals surface area contributed by atoms with Gasteiger partial charge in [-0.3, -0.25) is 0 Å². The summed E-state index contributed by atoms with van der Waals surface area (Å²) in [4.78, 5) is 2.53. The van der Waals surface area contributed by atoms with Crippen molar-refractivity contribution < 1.29 is 9.84 Å². The first-order chi connectivity index (χ1) is 10.7. The lowest BCUT2D eigenvalue weighted by molar-refractivity contribution is 0.158. The van der Waals surface area contributed by atoms with Crippen LogP contribution in [0.3, 0.4) is 0 Å². The number of fused-ring (bicyclic) bond motifs is 1. The molecule has 0 amide bonds. The molecule has 1 aromatic rings. The topological polar surface area (TPSA) is 32.7 Å². The van der Waals surface area contributed by atoms with Gasteiger partial charge in [0.2, 0.25) is 0 Å². The Bertz CT molecular complexity index is 436. The Hall–Kier alpha value is -1.06. The summed E-state index contributed by atoms with van der Waals surface area (Å²) in [5.74, 6) is 2.53. The van der Waals surface area contributed by atoms with Crippen LogP contribution in [0, 0.1) is 11.8 Å². The molecule has 0 aliphatic heterocycles. The van der Waals surface area contributed by atoms with Crippen LogP contribution in [-0.4, -0.2) is 42.4 Å². The Balaban J connectivity index is 1.29. The van der Waals surface area contributed by atoms with Gasteiger partial charge in [0.15, 0.2) is 0 Å². The van der Waals surface area contributed by atoms with E-state index >= 15 is 0 Å². The maximum absolute atomic E-state index is 9.73. The van der Waals surface area contributed by atoms with Crippen LogP contribution in [0.25, 0.3) is 0 Å². The quantitative estimate of drug-likeness (QED) is 0.784. The Morgan fingerprint density at radius 1 is 1.05 bits per heavy atom. The number of hydrogen-bond acceptors (Lipinski definition) is 3. The number of aliphatic hydroxyl groups excluding tert-OH is 1. The van der Waals surface area contributed by atoms with E-state index in [9.17, 15) is 5.11 Å². The van der Waals surface area contributed by atoms with E-state index in [4.69, 9.17) is 4.74 Å². The number of rotatable bonds is 7. The fraction of sp³-hybridized carbons (Fsp3) is 0.684. The van der Waals surface area contributed by atoms with Gasteiger partial charge in [0.05, 0.1) is 12.7 Å². The molecule has 2 aliphatic rings. The number of unbranched alkanes of at least 4 members (excludes halogenated alkanes) is 1. The first-order valence-electron chi connectivity index (χ1n) is 8.78. The molecule has 0 bridgehead atoms. The van der Waals surface area contributed by atoms with Crippen molar-refractivity contribution in [3.05, 3.63) is 30.3 Å². The Labute approximate surface area is 134 Å². The second-order valence-corrected chi connectivity index (χ2v) is 7.12. The standard InChI is InChI=1S/C19H29NO2/c1-20(17-11-15-13-18(21)14-16(15)12-17)9-5-6-10-22-19-7-3-2-4-8-19/h2-4,7-8,15-18,21H,5-6,9-14H2,1H3/t15-,16+,17?,18?. The van der Waals surface area contributed by atoms with E-state index in [1.165, 1.54) is 19.3 Å². The lowest BCUT2D eigenvalue weighted by Crippen LogP contribution is -2.31. The lowest BCUT2D eigenvalue weighted by Gasteiger charge is -2.25. The van der Waals surface area contributed by atoms with Crippen molar-refractivity contribution in [3.63, 3.8) is 0 Å². The molecule has 0 radical (unpaired) electrons. The molecule has 4 atom stereocenters. The molecule has 2 unspecified atom stereocenters. The van der Waals surface area contributed by atoms with Gasteiger partial charge < -0.3 is 14.7 Å². The van der Waals surface area contributed by atoms with E-state index in [0.29, 0.717) is 0 Å². The Morgan fingerprint density at radius 3 is 2.41 bits per heavy atom. The Kier molecular flexibility index (Phi) is 5.37. The molecule has 3 nitrogen and oxygen atoms in total. The molecule has 122 valence electrons. The van der Waals surface area contributed by atoms with Gasteiger partial charge in [-0.2, -0.15) is 0 Å². The van der Waals surface area contributed by atoms with Gasteiger partial charge in [-0.15, -0.1) is 0 Å². The minimum absolute atomic E-state index is 0.0172. The molecule has 22 heavy (non-hydrogen) atoms. The average Bonchev–Trinajstić information content (AvgIpc) is 3.05. The van der Waals surface area contributed by atoms with Crippen molar-refractivity contribution in [1.82, 2.24) is 4.90 Å². The van der Waals surface area contributed by atoms with Gasteiger partial charge in [-0.1, -0.05) is 18.2 Å². The third kappa shape index (κ3) is 4.02. The fourth-order valence-electron chi connectivity index (χ4n) is 4.27. The van der Waals surface area contributed by atoms with Crippen molar-refractivity contribution >= 4 is 0 Å². The molecular formula is C19H29NO2. The van der Waals surface area contributed by atoms with E-state index in [-0.39, 0.29) is 6.10 Å². The van der Waals surface area contributed by atoms with Crippen LogP contribution in [0.5, 0.6) is 5.75 Å². The summed E-state index contributed by atoms with van der Waals surface area (Å²) >= 11 is 0. The van der Waals surface area contributed by atoms with E-state index < -0.39 is 0 Å². The molecule has 0 spiro atoms. The molecule has 0 saturated heterocycles. The summed E-state index contributed by atoms with van der Waals surface area (Å²) in [5.41, 5.74) is 0. The maximum atomic E-state index is 9.73. The zero-order valence-corrected chi connectivity index (χ0v) is 13.7. The normalized spacial score (nSPS) is 30.7. The minimum Gasteiger partial charge on any atom is -0.494 e. The number of aliphatic hydroxyl groups is 1. The summed E-state index contributed by atoms with van der Waals surface area (Å²) in [6.07, 6.45) is 6.95. The van der Waals surface area contributed by atoms with E-state index in [1.54, 1.807) is 0 Å². The summed E-state index contributed by atoms with van der Waals surface area (Å²) < 4.78 is 5.74. The number of nitrogens with zero attached hydrogens (tertiary/aromatic N) is 1. The molecule has 2 aliphatic carbocycles. The third-order valence-corrected chi connectivity index (χ3v) is 5.51. The third-order valence-electron chi connectivity index (χ3n) is 5.51. The van der Waals surface area contributed by atoms with Crippen molar-refractivity contribution in [3.8, 4) is 5.75 Å². The summed E-state index contributed by atoms with van der Waals surface area (Å²) in [7, 11) is 2.26. The first kappa shape index (κ1) is 15.8. The van der Waals surface area contributed by atoms with E-state index in [0.717, 1.165) is 56.0 Å². The van der Waals surface area contributed by atoms with E-state index in [2.05, 4.69) is 11.9 Å². The number of ether oxygens (including phenoxy) is 1. The van der Waals surface area contributed by atoms with Crippen molar-refractivity contribution in [1.29, 1.82) is 0 Å². The fourth-order valence-corrected chi connectivity index (χ4v) is 4.27. The highest BCUT2D eigenvalue weighted by molar-refractivity contribution is 5.20. The second-order valence-electron chi connectivity index (χ2n) is 7.12. The van der Waals surface area contributed by atoms with Crippen molar-refractivity contribution in [2.45, 2.75) is 50.7 Å². The Morgan fingerprint density at radius 2 is 1.73 bits per heavy atom. The van der Waals surface area contributed by atoms with Crippen molar-refractivity contribution in [2.24, 2.45) is 11.8 Å². The number of hydrogen-bond donors (Lipinski definition) is 1. The average molecular weight is 303 g/mol. The predicted molar refractivity (Wildman–Crippen MR) is 89.0 cm³/mol. The summed E-state index contributed by atoms with van der Waals surface area (Å²) in [6, 6.07) is 10.8. The van der Waals surface area contributed by atoms with Crippen LogP contribution in [0.1, 0.15) is 38.5 Å². The van der Waals surface area contributed by atoms with E-state index in [1.807, 2.05) is 30.3 Å². The molecule has 2 saturated carbocycles. The predicted octanol–water partition coefficient (Wildman–Crippen LogP) is 3.33. The number of para-hydroxylation sites is 1. The SMILES string of the molecule is CN(CCCCOc1ccccc1)C1C[C@H]2CC(O)C[C@H]2C1. The van der Waals surface area contributed by atoms with Gasteiger partial charge in [-0.05, 0) is 76.1 Å². The first-order valence-corrected chi connectivity index (χ1v) is 8.78. The largest absolute Gasteiger partial charge is 0.494 e. The van der Waals surface area contributed by atoms with Crippen LogP contribution >= 0.6 is 0 Å². The summed E-state index contributed by atoms with van der Waals surface area (Å²) in [5, 5.41) is 9.73. The molecule has 1 N–H and O–H groups in total. The molecule has 0 aromatic heterocycles. The minimum atomic E-state index is -0.0172. The molecular weight excluding hydrogens is 274 g/mol. The molecule has 3 rings (SSSR count). The molecule has 3 heteroatoms. The monoisotopic (exact) mass is 303 g/mol. The highest BCUT2D eigenvalue weighted by Crippen LogP contribution is 2.45. The maximum Gasteiger partial charge on any atom is 0.119 e. The van der Waals surface area contributed by atoms with Gasteiger partial charge in [0.25, 0.3) is 0 Å². The summed E-state index contributed by atoms with van der Waals surface area (Å²) in [6.45, 7) is 1.96. The highest BCUT2D eigenvalue weighted by atomic mass is 16.5. The molecule has 2 fully saturated rings. The second kappa shape index (κ2) is 7.47. The number of benzene rings is 1. The zero-order chi connectivity index (χ0) is 15.4. The highest BCUT2D eigenvalue weighted by Gasteiger charge is 2.41. The van der Waals surface area contributed by atoms with Crippen LogP contribution < -0.4 is 4.74 Å². The smallest absolute Gasteiger partial charge is 0.119 e. The van der Waals surface area contributed by atoms with Gasteiger partial charge in [0, 0.05) is 6.04 Å². The molecule has 0 heterocycles. The lowest BCUT2D eigenvalue weighted by atomic mass is 10.0. The van der Waals surface area contributed by atoms with Gasteiger partial charge in [0.1, 0.15) is 5.75 Å². The van der Waals surface area contributed by atoms with Crippen LogP contribution in [0.4, 0.5) is 0 Å². The van der Waals surface area contributed by atoms with Crippen LogP contribution in [0.15, 0.2) is 30.3 Å². The van der Waals surface area contributed by atoms with Crippen LogP contribution in [-0.2, 0) is 0 Å². The van der Waals surface area contributed by atoms with Gasteiger partial charge in [-0.25, -0.2) is 0 Å². The van der Waals surface area contributed by atoms with Crippen LogP contribution in [0.2, 0.25) is 0 Å². The zero-order valence-electron chi connectivity index (χ0n) is 13.7. The molecule has 1 aromatic carbocycles.